The molecule has 2 aromatic heterocycles. The Bertz CT molecular complexity index is 886. The largest absolute Gasteiger partial charge is 0.493 e. The molecule has 134 valence electrons. The first-order valence-corrected chi connectivity index (χ1v) is 8.65. The maximum Gasteiger partial charge on any atom is 0.234 e. The zero-order valence-electron chi connectivity index (χ0n) is 14.2. The van der Waals surface area contributed by atoms with Crippen molar-refractivity contribution in [2.45, 2.75) is 5.03 Å². The van der Waals surface area contributed by atoms with Crippen molar-refractivity contribution in [2.75, 3.05) is 25.3 Å². The molecule has 0 saturated carbocycles. The molecule has 0 aliphatic heterocycles. The molecule has 0 aliphatic carbocycles. The van der Waals surface area contributed by atoms with E-state index in [1.54, 1.807) is 55.6 Å². The van der Waals surface area contributed by atoms with E-state index < -0.39 is 0 Å². The van der Waals surface area contributed by atoms with Crippen LogP contribution < -0.4 is 14.8 Å². The van der Waals surface area contributed by atoms with Gasteiger partial charge in [-0.25, -0.2) is 14.6 Å². The van der Waals surface area contributed by atoms with Gasteiger partial charge in [0, 0.05) is 30.2 Å². The summed E-state index contributed by atoms with van der Waals surface area (Å²) in [4.78, 5) is 20.5. The topological polar surface area (TPSA) is 91.2 Å². The lowest BCUT2D eigenvalue weighted by Gasteiger charge is -2.10. The summed E-state index contributed by atoms with van der Waals surface area (Å²) in [6, 6.07) is 8.79. The van der Waals surface area contributed by atoms with Gasteiger partial charge in [0.05, 0.1) is 20.0 Å². The Kier molecular flexibility index (Phi) is 5.69. The van der Waals surface area contributed by atoms with Crippen LogP contribution in [-0.2, 0) is 4.79 Å². The average Bonchev–Trinajstić information content (AvgIpc) is 3.21. The van der Waals surface area contributed by atoms with Crippen molar-refractivity contribution in [1.29, 1.82) is 0 Å². The monoisotopic (exact) mass is 371 g/mol. The second-order valence-corrected chi connectivity index (χ2v) is 6.07. The fourth-order valence-electron chi connectivity index (χ4n) is 2.19. The summed E-state index contributed by atoms with van der Waals surface area (Å²) in [5.74, 6) is 1.86. The predicted octanol–water partition coefficient (Wildman–Crippen LogP) is 2.41. The number of thioether (sulfide) groups is 1. The van der Waals surface area contributed by atoms with Crippen LogP contribution in [0, 0.1) is 0 Å². The molecule has 0 atom stereocenters. The number of carbonyl (C=O) groups excluding carboxylic acids is 1. The van der Waals surface area contributed by atoms with Gasteiger partial charge < -0.3 is 14.8 Å². The van der Waals surface area contributed by atoms with Crippen molar-refractivity contribution in [3.8, 4) is 17.3 Å². The number of carbonyl (C=O) groups is 1. The Morgan fingerprint density at radius 3 is 2.77 bits per heavy atom. The molecule has 0 saturated heterocycles. The van der Waals surface area contributed by atoms with Gasteiger partial charge in [-0.15, -0.1) is 0 Å². The summed E-state index contributed by atoms with van der Waals surface area (Å²) >= 11 is 1.32. The normalized spacial score (nSPS) is 10.4. The second-order valence-electron chi connectivity index (χ2n) is 5.07. The van der Waals surface area contributed by atoms with E-state index in [0.717, 1.165) is 0 Å². The minimum absolute atomic E-state index is 0.151. The highest BCUT2D eigenvalue weighted by Gasteiger charge is 2.09. The molecular weight excluding hydrogens is 354 g/mol. The van der Waals surface area contributed by atoms with Gasteiger partial charge in [0.1, 0.15) is 11.4 Å². The lowest BCUT2D eigenvalue weighted by Crippen LogP contribution is -2.14. The molecule has 2 heterocycles. The van der Waals surface area contributed by atoms with Crippen molar-refractivity contribution in [2.24, 2.45) is 0 Å². The summed E-state index contributed by atoms with van der Waals surface area (Å²) in [6.45, 7) is 0. The zero-order chi connectivity index (χ0) is 18.4. The molecule has 26 heavy (non-hydrogen) atoms. The van der Waals surface area contributed by atoms with Crippen LogP contribution in [0.3, 0.4) is 0 Å². The minimum Gasteiger partial charge on any atom is -0.493 e. The third kappa shape index (κ3) is 4.31. The highest BCUT2D eigenvalue weighted by atomic mass is 32.2. The Balaban J connectivity index is 1.60. The lowest BCUT2D eigenvalue weighted by molar-refractivity contribution is -0.113. The van der Waals surface area contributed by atoms with E-state index in [2.05, 4.69) is 20.4 Å². The number of hydrogen-bond donors (Lipinski definition) is 1. The number of ether oxygens (including phenoxy) is 2. The van der Waals surface area contributed by atoms with Gasteiger partial charge in [-0.05, 0) is 18.2 Å². The molecule has 1 aromatic carbocycles. The first-order valence-electron chi connectivity index (χ1n) is 7.66. The molecule has 0 fully saturated rings. The van der Waals surface area contributed by atoms with E-state index in [0.29, 0.717) is 28.0 Å². The number of hydrogen-bond acceptors (Lipinski definition) is 7. The third-order valence-electron chi connectivity index (χ3n) is 3.39. The van der Waals surface area contributed by atoms with Crippen molar-refractivity contribution in [3.05, 3.63) is 49.1 Å². The van der Waals surface area contributed by atoms with Gasteiger partial charge >= 0.3 is 0 Å². The molecular formula is C17H17N5O3S. The average molecular weight is 371 g/mol. The molecule has 1 amide bonds. The van der Waals surface area contributed by atoms with Gasteiger partial charge in [0.15, 0.2) is 17.3 Å². The number of methoxy groups -OCH3 is 2. The van der Waals surface area contributed by atoms with Crippen LogP contribution in [0.25, 0.3) is 5.82 Å². The first-order chi connectivity index (χ1) is 12.7. The van der Waals surface area contributed by atoms with E-state index in [-0.39, 0.29) is 11.7 Å². The number of rotatable bonds is 7. The first kappa shape index (κ1) is 17.7. The molecule has 0 bridgehead atoms. The quantitative estimate of drug-likeness (QED) is 0.504. The van der Waals surface area contributed by atoms with Crippen LogP contribution in [0.15, 0.2) is 54.1 Å². The van der Waals surface area contributed by atoms with Crippen molar-refractivity contribution in [3.63, 3.8) is 0 Å². The molecule has 0 unspecified atom stereocenters. The number of benzene rings is 1. The summed E-state index contributed by atoms with van der Waals surface area (Å²) in [7, 11) is 3.11. The van der Waals surface area contributed by atoms with E-state index in [1.165, 1.54) is 18.1 Å². The molecule has 1 N–H and O–H groups in total. The highest BCUT2D eigenvalue weighted by Crippen LogP contribution is 2.29. The maximum absolute atomic E-state index is 12.2. The number of nitrogens with zero attached hydrogens (tertiary/aromatic N) is 4. The van der Waals surface area contributed by atoms with E-state index >= 15 is 0 Å². The van der Waals surface area contributed by atoms with E-state index in [4.69, 9.17) is 9.47 Å². The molecule has 0 spiro atoms. The zero-order valence-corrected chi connectivity index (χ0v) is 15.1. The molecule has 9 heteroatoms. The molecule has 0 radical (unpaired) electrons. The van der Waals surface area contributed by atoms with Crippen LogP contribution in [0.5, 0.6) is 11.5 Å². The molecule has 3 aromatic rings. The van der Waals surface area contributed by atoms with Crippen LogP contribution in [0.4, 0.5) is 5.69 Å². The van der Waals surface area contributed by atoms with Crippen LogP contribution in [0.2, 0.25) is 0 Å². The van der Waals surface area contributed by atoms with E-state index in [9.17, 15) is 4.79 Å². The van der Waals surface area contributed by atoms with E-state index in [1.807, 2.05) is 6.07 Å². The standard InChI is InChI=1S/C17H17N5O3S/c1-24-13-5-4-12(8-14(13)25-2)21-16(23)10-26-17-9-15(18-11-19-17)22-7-3-6-20-22/h3-9,11H,10H2,1-2H3,(H,21,23). The summed E-state index contributed by atoms with van der Waals surface area (Å²) in [5, 5.41) is 7.64. The predicted molar refractivity (Wildman–Crippen MR) is 98.1 cm³/mol. The van der Waals surface area contributed by atoms with Gasteiger partial charge in [0.25, 0.3) is 0 Å². The van der Waals surface area contributed by atoms with Crippen molar-refractivity contribution < 1.29 is 14.3 Å². The Hall–Kier alpha value is -3.07. The number of aromatic nitrogens is 4. The number of amides is 1. The Morgan fingerprint density at radius 1 is 1.19 bits per heavy atom. The Labute approximate surface area is 154 Å². The third-order valence-corrected chi connectivity index (χ3v) is 4.31. The van der Waals surface area contributed by atoms with Crippen LogP contribution in [0.1, 0.15) is 0 Å². The fourth-order valence-corrected chi connectivity index (χ4v) is 2.85. The minimum atomic E-state index is -0.151. The molecule has 0 aliphatic rings. The van der Waals surface area contributed by atoms with Gasteiger partial charge in [-0.1, -0.05) is 11.8 Å². The summed E-state index contributed by atoms with van der Waals surface area (Å²) < 4.78 is 12.0. The Morgan fingerprint density at radius 2 is 2.04 bits per heavy atom. The fraction of sp³-hybridized carbons (Fsp3) is 0.176. The van der Waals surface area contributed by atoms with Crippen LogP contribution in [-0.4, -0.2) is 45.6 Å². The van der Waals surface area contributed by atoms with Crippen molar-refractivity contribution >= 4 is 23.4 Å². The highest BCUT2D eigenvalue weighted by molar-refractivity contribution is 7.99. The summed E-state index contributed by atoms with van der Waals surface area (Å²) in [5.41, 5.74) is 0.633. The van der Waals surface area contributed by atoms with Gasteiger partial charge in [-0.2, -0.15) is 5.10 Å². The second kappa shape index (κ2) is 8.34. The van der Waals surface area contributed by atoms with Gasteiger partial charge in [0.2, 0.25) is 5.91 Å². The number of nitrogens with one attached hydrogen (secondary N) is 1. The number of anilines is 1. The van der Waals surface area contributed by atoms with Crippen molar-refractivity contribution in [1.82, 2.24) is 19.7 Å². The SMILES string of the molecule is COc1ccc(NC(=O)CSc2cc(-n3cccn3)ncn2)cc1OC. The maximum atomic E-state index is 12.2. The van der Waals surface area contributed by atoms with Gasteiger partial charge in [-0.3, -0.25) is 4.79 Å². The van der Waals surface area contributed by atoms with Crippen LogP contribution >= 0.6 is 11.8 Å². The molecule has 8 nitrogen and oxygen atoms in total. The lowest BCUT2D eigenvalue weighted by atomic mass is 10.2. The molecule has 3 rings (SSSR count). The summed E-state index contributed by atoms with van der Waals surface area (Å²) in [6.07, 6.45) is 4.91. The smallest absolute Gasteiger partial charge is 0.234 e.